The van der Waals surface area contributed by atoms with Crippen LogP contribution >= 0.6 is 0 Å². The Bertz CT molecular complexity index is 830. The maximum atomic E-state index is 12.2. The fourth-order valence-electron chi connectivity index (χ4n) is 2.51. The van der Waals surface area contributed by atoms with Crippen molar-refractivity contribution in [2.45, 2.75) is 17.7 Å². The molecule has 0 radical (unpaired) electrons. The van der Waals surface area contributed by atoms with Gasteiger partial charge >= 0.3 is 0 Å². The molecule has 7 heteroatoms. The van der Waals surface area contributed by atoms with Gasteiger partial charge in [0.05, 0.1) is 24.4 Å². The molecule has 0 aliphatic rings. The highest BCUT2D eigenvalue weighted by atomic mass is 32.2. The lowest BCUT2D eigenvalue weighted by Gasteiger charge is -2.08. The Hall–Kier alpha value is -2.38. The summed E-state index contributed by atoms with van der Waals surface area (Å²) in [4.78, 5) is 12.4. The number of aryl methyl sites for hydroxylation is 1. The predicted octanol–water partition coefficient (Wildman–Crippen LogP) is 2.48. The Morgan fingerprint density at radius 2 is 1.67 bits per heavy atom. The molecule has 2 rings (SSSR count). The highest BCUT2D eigenvalue weighted by molar-refractivity contribution is 7.91. The van der Waals surface area contributed by atoms with Crippen LogP contribution in [0.25, 0.3) is 0 Å². The number of amides is 1. The third-order valence-electron chi connectivity index (χ3n) is 4.12. The fraction of sp³-hybridized carbons (Fsp3) is 0.350. The van der Waals surface area contributed by atoms with Crippen LogP contribution in [0.15, 0.2) is 53.4 Å². The molecule has 1 N–H and O–H groups in total. The first-order valence-electron chi connectivity index (χ1n) is 8.69. The third kappa shape index (κ3) is 6.37. The van der Waals surface area contributed by atoms with Crippen LogP contribution < -0.4 is 10.1 Å². The number of ether oxygens (including phenoxy) is 2. The summed E-state index contributed by atoms with van der Waals surface area (Å²) in [6, 6.07) is 13.8. The van der Waals surface area contributed by atoms with Crippen molar-refractivity contribution in [3.05, 3.63) is 59.7 Å². The molecule has 0 saturated heterocycles. The molecular weight excluding hydrogens is 366 g/mol. The van der Waals surface area contributed by atoms with Crippen LogP contribution in [0.5, 0.6) is 5.75 Å². The van der Waals surface area contributed by atoms with Crippen LogP contribution in [0.1, 0.15) is 22.3 Å². The summed E-state index contributed by atoms with van der Waals surface area (Å²) in [5.41, 5.74) is 1.61. The minimum Gasteiger partial charge on any atom is -0.497 e. The molecular formula is C20H25NO5S. The average molecular weight is 391 g/mol. The van der Waals surface area contributed by atoms with Crippen molar-refractivity contribution < 1.29 is 22.7 Å². The predicted molar refractivity (Wildman–Crippen MR) is 104 cm³/mol. The Labute approximate surface area is 160 Å². The van der Waals surface area contributed by atoms with Gasteiger partial charge in [-0.3, -0.25) is 4.79 Å². The lowest BCUT2D eigenvalue weighted by molar-refractivity contribution is 0.0953. The van der Waals surface area contributed by atoms with Gasteiger partial charge in [-0.15, -0.1) is 0 Å². The SMILES string of the molecule is COCCS(=O)(=O)c1ccc(C(=O)NCCCc2ccc(OC)cc2)cc1. The van der Waals surface area contributed by atoms with Gasteiger partial charge in [0, 0.05) is 19.2 Å². The van der Waals surface area contributed by atoms with Crippen molar-refractivity contribution in [3.63, 3.8) is 0 Å². The minimum atomic E-state index is -3.39. The van der Waals surface area contributed by atoms with Crippen molar-refractivity contribution in [2.75, 3.05) is 33.1 Å². The Kier molecular flexibility index (Phi) is 7.82. The zero-order valence-corrected chi connectivity index (χ0v) is 16.4. The molecule has 0 bridgehead atoms. The fourth-order valence-corrected chi connectivity index (χ4v) is 3.69. The van der Waals surface area contributed by atoms with Crippen LogP contribution in [0.4, 0.5) is 0 Å². The van der Waals surface area contributed by atoms with E-state index in [9.17, 15) is 13.2 Å². The maximum Gasteiger partial charge on any atom is 0.251 e. The van der Waals surface area contributed by atoms with Crippen LogP contribution in [0.2, 0.25) is 0 Å². The zero-order chi connectivity index (χ0) is 19.7. The number of hydrogen-bond acceptors (Lipinski definition) is 5. The summed E-state index contributed by atoms with van der Waals surface area (Å²) in [7, 11) is -0.300. The molecule has 0 spiro atoms. The van der Waals surface area contributed by atoms with Crippen LogP contribution in [0.3, 0.4) is 0 Å². The molecule has 27 heavy (non-hydrogen) atoms. The highest BCUT2D eigenvalue weighted by Crippen LogP contribution is 2.14. The Morgan fingerprint density at radius 1 is 1.00 bits per heavy atom. The van der Waals surface area contributed by atoms with Gasteiger partial charge in [0.25, 0.3) is 5.91 Å². The lowest BCUT2D eigenvalue weighted by atomic mass is 10.1. The second-order valence-electron chi connectivity index (χ2n) is 6.04. The number of benzene rings is 2. The minimum absolute atomic E-state index is 0.0829. The molecule has 2 aromatic carbocycles. The molecule has 6 nitrogen and oxygen atoms in total. The summed E-state index contributed by atoms with van der Waals surface area (Å²) in [5, 5.41) is 2.85. The van der Waals surface area contributed by atoms with E-state index in [1.165, 1.54) is 36.9 Å². The first-order valence-corrected chi connectivity index (χ1v) is 10.3. The van der Waals surface area contributed by atoms with Crippen molar-refractivity contribution in [1.29, 1.82) is 0 Å². The Balaban J connectivity index is 1.81. The van der Waals surface area contributed by atoms with E-state index in [1.807, 2.05) is 24.3 Å². The van der Waals surface area contributed by atoms with E-state index in [2.05, 4.69) is 5.32 Å². The van der Waals surface area contributed by atoms with Crippen molar-refractivity contribution in [1.82, 2.24) is 5.32 Å². The molecule has 0 heterocycles. The molecule has 1 amide bonds. The number of sulfone groups is 1. The van der Waals surface area contributed by atoms with Gasteiger partial charge < -0.3 is 14.8 Å². The molecule has 0 atom stereocenters. The van der Waals surface area contributed by atoms with Crippen LogP contribution in [-0.2, 0) is 21.0 Å². The zero-order valence-electron chi connectivity index (χ0n) is 15.6. The van der Waals surface area contributed by atoms with Gasteiger partial charge in [0.2, 0.25) is 0 Å². The van der Waals surface area contributed by atoms with Gasteiger partial charge in [-0.25, -0.2) is 8.42 Å². The van der Waals surface area contributed by atoms with Gasteiger partial charge in [0.1, 0.15) is 5.75 Å². The smallest absolute Gasteiger partial charge is 0.251 e. The van der Waals surface area contributed by atoms with Crippen LogP contribution in [-0.4, -0.2) is 47.4 Å². The topological polar surface area (TPSA) is 81.7 Å². The largest absolute Gasteiger partial charge is 0.497 e. The Morgan fingerprint density at radius 3 is 2.26 bits per heavy atom. The van der Waals surface area contributed by atoms with E-state index in [0.29, 0.717) is 12.1 Å². The van der Waals surface area contributed by atoms with Crippen LogP contribution in [0, 0.1) is 0 Å². The second kappa shape index (κ2) is 10.1. The summed E-state index contributed by atoms with van der Waals surface area (Å²) in [6.07, 6.45) is 1.66. The lowest BCUT2D eigenvalue weighted by Crippen LogP contribution is -2.24. The van der Waals surface area contributed by atoms with Gasteiger partial charge in [-0.2, -0.15) is 0 Å². The number of carbonyl (C=O) groups is 1. The molecule has 146 valence electrons. The van der Waals surface area contributed by atoms with E-state index in [1.54, 1.807) is 7.11 Å². The molecule has 2 aromatic rings. The summed E-state index contributed by atoms with van der Waals surface area (Å²) in [6.45, 7) is 0.678. The molecule has 0 aliphatic heterocycles. The molecule has 0 unspecified atom stereocenters. The van der Waals surface area contributed by atoms with Gasteiger partial charge in [-0.05, 0) is 54.8 Å². The quantitative estimate of drug-likeness (QED) is 0.629. The summed E-state index contributed by atoms with van der Waals surface area (Å²) >= 11 is 0. The molecule has 0 aliphatic carbocycles. The molecule has 0 aromatic heterocycles. The number of rotatable bonds is 10. The van der Waals surface area contributed by atoms with E-state index in [-0.39, 0.29) is 23.2 Å². The first kappa shape index (κ1) is 20.9. The third-order valence-corrected chi connectivity index (χ3v) is 5.81. The van der Waals surface area contributed by atoms with Gasteiger partial charge in [0.15, 0.2) is 9.84 Å². The normalized spacial score (nSPS) is 11.2. The monoisotopic (exact) mass is 391 g/mol. The molecule has 0 saturated carbocycles. The summed E-state index contributed by atoms with van der Waals surface area (Å²) < 4.78 is 34.1. The number of nitrogens with one attached hydrogen (secondary N) is 1. The van der Waals surface area contributed by atoms with E-state index in [0.717, 1.165) is 18.6 Å². The number of carbonyl (C=O) groups excluding carboxylic acids is 1. The standard InChI is InChI=1S/C20H25NO5S/c1-25-14-15-27(23,24)19-11-7-17(8-12-19)20(22)21-13-3-4-16-5-9-18(26-2)10-6-16/h5-12H,3-4,13-15H2,1-2H3,(H,21,22). The molecule has 0 fully saturated rings. The average Bonchev–Trinajstić information content (AvgIpc) is 2.70. The number of hydrogen-bond donors (Lipinski definition) is 1. The van der Waals surface area contributed by atoms with Crippen molar-refractivity contribution >= 4 is 15.7 Å². The van der Waals surface area contributed by atoms with Crippen molar-refractivity contribution in [3.8, 4) is 5.75 Å². The van der Waals surface area contributed by atoms with Gasteiger partial charge in [-0.1, -0.05) is 12.1 Å². The van der Waals surface area contributed by atoms with E-state index < -0.39 is 9.84 Å². The maximum absolute atomic E-state index is 12.2. The van der Waals surface area contributed by atoms with E-state index >= 15 is 0 Å². The van der Waals surface area contributed by atoms with Crippen molar-refractivity contribution in [2.24, 2.45) is 0 Å². The highest BCUT2D eigenvalue weighted by Gasteiger charge is 2.15. The summed E-state index contributed by atoms with van der Waals surface area (Å²) in [5.74, 6) is 0.519. The first-order chi connectivity index (χ1) is 13.0. The number of methoxy groups -OCH3 is 2. The second-order valence-corrected chi connectivity index (χ2v) is 8.15. The van der Waals surface area contributed by atoms with E-state index in [4.69, 9.17) is 9.47 Å².